The van der Waals surface area contributed by atoms with Crippen molar-refractivity contribution in [2.24, 2.45) is 5.92 Å². The van der Waals surface area contributed by atoms with E-state index in [1.54, 1.807) is 0 Å². The fourth-order valence-corrected chi connectivity index (χ4v) is 4.88. The lowest BCUT2D eigenvalue weighted by Crippen LogP contribution is -2.26. The van der Waals surface area contributed by atoms with Crippen LogP contribution in [0.3, 0.4) is 0 Å². The van der Waals surface area contributed by atoms with Gasteiger partial charge in [0.15, 0.2) is 0 Å². The van der Waals surface area contributed by atoms with E-state index in [4.69, 9.17) is 9.97 Å². The molecule has 2 aliphatic rings. The molecule has 2 aliphatic carbocycles. The number of aromatic nitrogens is 2. The Kier molecular flexibility index (Phi) is 5.17. The summed E-state index contributed by atoms with van der Waals surface area (Å²) in [5, 5.41) is 4.16. The van der Waals surface area contributed by atoms with Crippen molar-refractivity contribution in [3.8, 4) is 0 Å². The summed E-state index contributed by atoms with van der Waals surface area (Å²) in [4.78, 5) is 9.67. The Balaban J connectivity index is 1.66. The molecule has 3 rings (SSSR count). The van der Waals surface area contributed by atoms with Crippen LogP contribution in [0.4, 0.5) is 0 Å². The number of aryl methyl sites for hydroxylation is 2. The van der Waals surface area contributed by atoms with Crippen molar-refractivity contribution in [3.63, 3.8) is 0 Å². The summed E-state index contributed by atoms with van der Waals surface area (Å²) >= 11 is 2.07. The molecule has 1 heterocycles. The quantitative estimate of drug-likeness (QED) is 0.906. The molecular formula is C17H27N3S. The van der Waals surface area contributed by atoms with Crippen LogP contribution in [0.25, 0.3) is 0 Å². The van der Waals surface area contributed by atoms with Crippen molar-refractivity contribution < 1.29 is 0 Å². The topological polar surface area (TPSA) is 37.8 Å². The zero-order valence-corrected chi connectivity index (χ0v) is 14.1. The Labute approximate surface area is 132 Å². The summed E-state index contributed by atoms with van der Waals surface area (Å²) in [6.07, 6.45) is 9.15. The highest BCUT2D eigenvalue weighted by Crippen LogP contribution is 2.32. The molecule has 0 radical (unpaired) electrons. The van der Waals surface area contributed by atoms with Gasteiger partial charge in [0.25, 0.3) is 0 Å². The van der Waals surface area contributed by atoms with Gasteiger partial charge >= 0.3 is 0 Å². The van der Waals surface area contributed by atoms with Crippen molar-refractivity contribution in [1.29, 1.82) is 0 Å². The molecule has 116 valence electrons. The predicted octanol–water partition coefficient (Wildman–Crippen LogP) is 3.29. The zero-order valence-electron chi connectivity index (χ0n) is 13.3. The molecule has 1 fully saturated rings. The third kappa shape index (κ3) is 3.78. The molecular weight excluding hydrogens is 278 g/mol. The minimum atomic E-state index is 0.753. The molecule has 1 aromatic heterocycles. The van der Waals surface area contributed by atoms with E-state index in [1.165, 1.54) is 49.1 Å². The molecule has 0 saturated heterocycles. The maximum absolute atomic E-state index is 4.88. The minimum absolute atomic E-state index is 0.753. The van der Waals surface area contributed by atoms with E-state index in [1.807, 2.05) is 7.05 Å². The van der Waals surface area contributed by atoms with Crippen LogP contribution in [-0.4, -0.2) is 28.8 Å². The second-order valence-electron chi connectivity index (χ2n) is 6.53. The van der Waals surface area contributed by atoms with Gasteiger partial charge in [-0.15, -0.1) is 0 Å². The van der Waals surface area contributed by atoms with E-state index in [9.17, 15) is 0 Å². The highest BCUT2D eigenvalue weighted by Gasteiger charge is 2.23. The normalized spacial score (nSPS) is 22.5. The summed E-state index contributed by atoms with van der Waals surface area (Å²) in [5.41, 5.74) is 3.98. The lowest BCUT2D eigenvalue weighted by atomic mass is 9.86. The van der Waals surface area contributed by atoms with Crippen LogP contribution < -0.4 is 5.32 Å². The standard InChI is InChI=1S/C17H27N3S/c1-12-15-9-13(10-18-2)7-8-16(15)20-17(19-12)11-21-14-5-3-4-6-14/h13-14,18H,3-11H2,1-2H3. The van der Waals surface area contributed by atoms with Crippen molar-refractivity contribution >= 4 is 11.8 Å². The lowest BCUT2D eigenvalue weighted by molar-refractivity contribution is 0.432. The smallest absolute Gasteiger partial charge is 0.138 e. The van der Waals surface area contributed by atoms with Gasteiger partial charge in [0, 0.05) is 16.6 Å². The van der Waals surface area contributed by atoms with E-state index >= 15 is 0 Å². The molecule has 0 bridgehead atoms. The van der Waals surface area contributed by atoms with E-state index < -0.39 is 0 Å². The molecule has 0 spiro atoms. The summed E-state index contributed by atoms with van der Waals surface area (Å²) in [6, 6.07) is 0. The number of hydrogen-bond donors (Lipinski definition) is 1. The average Bonchev–Trinajstić information content (AvgIpc) is 2.99. The summed E-state index contributed by atoms with van der Waals surface area (Å²) in [5.74, 6) is 2.82. The summed E-state index contributed by atoms with van der Waals surface area (Å²) < 4.78 is 0. The Bertz CT molecular complexity index is 483. The van der Waals surface area contributed by atoms with Crippen LogP contribution in [0, 0.1) is 12.8 Å². The summed E-state index contributed by atoms with van der Waals surface area (Å²) in [7, 11) is 2.04. The fourth-order valence-electron chi connectivity index (χ4n) is 3.70. The van der Waals surface area contributed by atoms with Gasteiger partial charge in [-0.2, -0.15) is 11.8 Å². The van der Waals surface area contributed by atoms with Crippen LogP contribution in [0.2, 0.25) is 0 Å². The molecule has 1 unspecified atom stereocenters. The van der Waals surface area contributed by atoms with E-state index in [2.05, 4.69) is 24.0 Å². The Hall–Kier alpha value is -0.610. The number of thioether (sulfide) groups is 1. The van der Waals surface area contributed by atoms with Crippen molar-refractivity contribution in [1.82, 2.24) is 15.3 Å². The van der Waals surface area contributed by atoms with Crippen molar-refractivity contribution in [2.75, 3.05) is 13.6 Å². The first-order valence-electron chi connectivity index (χ1n) is 8.37. The molecule has 21 heavy (non-hydrogen) atoms. The first kappa shape index (κ1) is 15.3. The van der Waals surface area contributed by atoms with Gasteiger partial charge in [0.2, 0.25) is 0 Å². The largest absolute Gasteiger partial charge is 0.319 e. The number of rotatable bonds is 5. The van der Waals surface area contributed by atoms with E-state index in [0.29, 0.717) is 0 Å². The van der Waals surface area contributed by atoms with E-state index in [-0.39, 0.29) is 0 Å². The first-order valence-corrected chi connectivity index (χ1v) is 9.42. The van der Waals surface area contributed by atoms with Crippen molar-refractivity contribution in [2.45, 2.75) is 62.9 Å². The molecule has 1 aromatic rings. The fraction of sp³-hybridized carbons (Fsp3) is 0.765. The van der Waals surface area contributed by atoms with Crippen molar-refractivity contribution in [3.05, 3.63) is 22.8 Å². The van der Waals surface area contributed by atoms with Crippen LogP contribution >= 0.6 is 11.8 Å². The lowest BCUT2D eigenvalue weighted by Gasteiger charge is -2.25. The van der Waals surface area contributed by atoms with Crippen LogP contribution in [0.1, 0.15) is 54.9 Å². The van der Waals surface area contributed by atoms with Gasteiger partial charge < -0.3 is 5.32 Å². The first-order chi connectivity index (χ1) is 10.3. The SMILES string of the molecule is CNCC1CCc2nc(CSC3CCCC3)nc(C)c2C1. The maximum atomic E-state index is 4.88. The summed E-state index contributed by atoms with van der Waals surface area (Å²) in [6.45, 7) is 3.28. The molecule has 3 nitrogen and oxygen atoms in total. The monoisotopic (exact) mass is 305 g/mol. The maximum Gasteiger partial charge on any atom is 0.138 e. The van der Waals surface area contributed by atoms with Gasteiger partial charge in [0.1, 0.15) is 5.82 Å². The molecule has 0 amide bonds. The third-order valence-electron chi connectivity index (χ3n) is 4.87. The van der Waals surface area contributed by atoms with Gasteiger partial charge in [-0.1, -0.05) is 12.8 Å². The van der Waals surface area contributed by atoms with Gasteiger partial charge in [-0.05, 0) is 64.1 Å². The van der Waals surface area contributed by atoms with Crippen LogP contribution in [0.15, 0.2) is 0 Å². The predicted molar refractivity (Wildman–Crippen MR) is 89.8 cm³/mol. The number of fused-ring (bicyclic) bond motifs is 1. The molecule has 1 N–H and O–H groups in total. The molecule has 4 heteroatoms. The van der Waals surface area contributed by atoms with Gasteiger partial charge in [-0.3, -0.25) is 0 Å². The minimum Gasteiger partial charge on any atom is -0.319 e. The van der Waals surface area contributed by atoms with Gasteiger partial charge in [-0.25, -0.2) is 9.97 Å². The highest BCUT2D eigenvalue weighted by atomic mass is 32.2. The molecule has 1 saturated carbocycles. The second kappa shape index (κ2) is 7.10. The number of nitrogens with one attached hydrogen (secondary N) is 1. The number of hydrogen-bond acceptors (Lipinski definition) is 4. The second-order valence-corrected chi connectivity index (χ2v) is 7.82. The average molecular weight is 305 g/mol. The Morgan fingerprint density at radius 1 is 1.19 bits per heavy atom. The van der Waals surface area contributed by atoms with E-state index in [0.717, 1.165) is 42.1 Å². The van der Waals surface area contributed by atoms with Crippen LogP contribution in [-0.2, 0) is 18.6 Å². The highest BCUT2D eigenvalue weighted by molar-refractivity contribution is 7.99. The van der Waals surface area contributed by atoms with Gasteiger partial charge in [0.05, 0.1) is 5.75 Å². The van der Waals surface area contributed by atoms with Crippen LogP contribution in [0.5, 0.6) is 0 Å². The Morgan fingerprint density at radius 3 is 2.76 bits per heavy atom. The zero-order chi connectivity index (χ0) is 14.7. The number of nitrogens with zero attached hydrogens (tertiary/aromatic N) is 2. The molecule has 0 aromatic carbocycles. The Morgan fingerprint density at radius 2 is 2.00 bits per heavy atom. The molecule has 0 aliphatic heterocycles. The third-order valence-corrected chi connectivity index (χ3v) is 6.24. The molecule has 1 atom stereocenters.